The Morgan fingerprint density at radius 2 is 1.71 bits per heavy atom. The number of nitrogens with zero attached hydrogens (tertiary/aromatic N) is 1. The van der Waals surface area contributed by atoms with Crippen LogP contribution in [-0.2, 0) is 4.43 Å². The molecule has 0 aliphatic heterocycles. The Kier molecular flexibility index (Phi) is 4.84. The third-order valence-electron chi connectivity index (χ3n) is 1.61. The van der Waals surface area contributed by atoms with Gasteiger partial charge in [0.2, 0.25) is 8.32 Å². The molecule has 0 fully saturated rings. The molecule has 0 saturated heterocycles. The number of hydrogen-bond donors (Lipinski definition) is 0. The predicted molar refractivity (Wildman–Crippen MR) is 66.1 cm³/mol. The van der Waals surface area contributed by atoms with Crippen LogP contribution in [0.5, 0.6) is 0 Å². The maximum atomic E-state index is 5.59. The minimum atomic E-state index is -1.55. The highest BCUT2D eigenvalue weighted by Crippen LogP contribution is 2.09. The largest absolute Gasteiger partial charge is 0.532 e. The molecule has 0 aliphatic rings. The predicted octanol–water partition coefficient (Wildman–Crippen LogP) is 3.74. The Hall–Kier alpha value is -0.833. The zero-order valence-electron chi connectivity index (χ0n) is 10.1. The SMILES string of the molecule is C=C(N=CC(C)=C(C)C)O[Si](C)(C)C. The first-order valence-electron chi connectivity index (χ1n) is 4.78. The lowest BCUT2D eigenvalue weighted by molar-refractivity contribution is 0.421. The third-order valence-corrected chi connectivity index (χ3v) is 2.46. The summed E-state index contributed by atoms with van der Waals surface area (Å²) in [5, 5.41) is 0. The van der Waals surface area contributed by atoms with Crippen LogP contribution >= 0.6 is 0 Å². The molecule has 0 N–H and O–H groups in total. The molecule has 0 aromatic carbocycles. The smallest absolute Gasteiger partial charge is 0.244 e. The van der Waals surface area contributed by atoms with E-state index in [9.17, 15) is 0 Å². The van der Waals surface area contributed by atoms with Crippen molar-refractivity contribution < 1.29 is 4.43 Å². The van der Waals surface area contributed by atoms with E-state index >= 15 is 0 Å². The number of allylic oxidation sites excluding steroid dienone is 2. The molecule has 0 spiro atoms. The van der Waals surface area contributed by atoms with Crippen LogP contribution in [0.4, 0.5) is 0 Å². The Bertz CT molecular complexity index is 268. The van der Waals surface area contributed by atoms with Crippen LogP contribution in [-0.4, -0.2) is 14.5 Å². The molecular weight excluding hydrogens is 190 g/mol. The van der Waals surface area contributed by atoms with Gasteiger partial charge in [-0.05, 0) is 52.6 Å². The summed E-state index contributed by atoms with van der Waals surface area (Å²) in [5.41, 5.74) is 2.42. The molecule has 0 bridgehead atoms. The highest BCUT2D eigenvalue weighted by Gasteiger charge is 2.15. The van der Waals surface area contributed by atoms with Crippen LogP contribution in [0.25, 0.3) is 0 Å². The average Bonchev–Trinajstić information content (AvgIpc) is 1.96. The van der Waals surface area contributed by atoms with E-state index in [-0.39, 0.29) is 0 Å². The Labute approximate surface area is 88.5 Å². The maximum absolute atomic E-state index is 5.59. The van der Waals surface area contributed by atoms with Crippen LogP contribution < -0.4 is 0 Å². The highest BCUT2D eigenvalue weighted by molar-refractivity contribution is 6.70. The van der Waals surface area contributed by atoms with Crippen molar-refractivity contribution in [3.05, 3.63) is 23.6 Å². The molecule has 80 valence electrons. The standard InChI is InChI=1S/C11H21NOSi/c1-9(2)10(3)8-12-11(4)13-14(5,6)7/h8H,4H2,1-3,5-7H3. The molecule has 0 radical (unpaired) electrons. The molecule has 0 aliphatic carbocycles. The van der Waals surface area contributed by atoms with E-state index in [1.54, 1.807) is 6.21 Å². The van der Waals surface area contributed by atoms with E-state index in [1.165, 1.54) is 5.57 Å². The Morgan fingerprint density at radius 3 is 2.07 bits per heavy atom. The minimum Gasteiger partial charge on any atom is -0.532 e. The minimum absolute atomic E-state index is 0.518. The molecular formula is C11H21NOSi. The van der Waals surface area contributed by atoms with Gasteiger partial charge in [-0.25, -0.2) is 4.99 Å². The summed E-state index contributed by atoms with van der Waals surface area (Å²) in [6.07, 6.45) is 1.80. The van der Waals surface area contributed by atoms with Crippen molar-refractivity contribution in [3.8, 4) is 0 Å². The fraction of sp³-hybridized carbons (Fsp3) is 0.545. The van der Waals surface area contributed by atoms with E-state index in [1.807, 2.05) is 6.92 Å². The Morgan fingerprint density at radius 1 is 1.21 bits per heavy atom. The van der Waals surface area contributed by atoms with Crippen molar-refractivity contribution in [1.82, 2.24) is 0 Å². The van der Waals surface area contributed by atoms with Gasteiger partial charge in [-0.3, -0.25) is 0 Å². The van der Waals surface area contributed by atoms with Crippen molar-refractivity contribution in [3.63, 3.8) is 0 Å². The van der Waals surface area contributed by atoms with E-state index in [0.29, 0.717) is 5.88 Å². The summed E-state index contributed by atoms with van der Waals surface area (Å²) in [6, 6.07) is 0. The average molecular weight is 211 g/mol. The summed E-state index contributed by atoms with van der Waals surface area (Å²) >= 11 is 0. The second-order valence-corrected chi connectivity index (χ2v) is 8.98. The van der Waals surface area contributed by atoms with Crippen molar-refractivity contribution in [1.29, 1.82) is 0 Å². The van der Waals surface area contributed by atoms with E-state index in [0.717, 1.165) is 5.57 Å². The molecule has 0 aromatic rings. The summed E-state index contributed by atoms with van der Waals surface area (Å²) in [7, 11) is -1.55. The lowest BCUT2D eigenvalue weighted by Gasteiger charge is -2.17. The van der Waals surface area contributed by atoms with Crippen LogP contribution in [0.15, 0.2) is 28.6 Å². The molecule has 0 amide bonds. The normalized spacial score (nSPS) is 11.6. The monoisotopic (exact) mass is 211 g/mol. The topological polar surface area (TPSA) is 21.6 Å². The first-order valence-corrected chi connectivity index (χ1v) is 8.19. The van der Waals surface area contributed by atoms with Crippen molar-refractivity contribution in [2.45, 2.75) is 40.4 Å². The lowest BCUT2D eigenvalue weighted by Crippen LogP contribution is -2.24. The molecule has 14 heavy (non-hydrogen) atoms. The quantitative estimate of drug-likeness (QED) is 0.394. The van der Waals surface area contributed by atoms with Gasteiger partial charge in [-0.1, -0.05) is 5.57 Å². The van der Waals surface area contributed by atoms with Crippen LogP contribution in [0.1, 0.15) is 20.8 Å². The summed E-state index contributed by atoms with van der Waals surface area (Å²) in [4.78, 5) is 4.17. The van der Waals surface area contributed by atoms with Gasteiger partial charge in [0.05, 0.1) is 0 Å². The first-order chi connectivity index (χ1) is 6.22. The highest BCUT2D eigenvalue weighted by atomic mass is 28.4. The van der Waals surface area contributed by atoms with Gasteiger partial charge in [-0.2, -0.15) is 0 Å². The molecule has 0 atom stereocenters. The third kappa shape index (κ3) is 6.66. The zero-order valence-corrected chi connectivity index (χ0v) is 11.1. The van der Waals surface area contributed by atoms with Gasteiger partial charge in [0, 0.05) is 6.21 Å². The van der Waals surface area contributed by atoms with Crippen LogP contribution in [0.3, 0.4) is 0 Å². The first kappa shape index (κ1) is 13.2. The van der Waals surface area contributed by atoms with E-state index in [2.05, 4.69) is 45.1 Å². The van der Waals surface area contributed by atoms with Gasteiger partial charge in [-0.15, -0.1) is 0 Å². The van der Waals surface area contributed by atoms with Gasteiger partial charge in [0.15, 0.2) is 5.88 Å². The number of rotatable bonds is 4. The molecule has 2 nitrogen and oxygen atoms in total. The molecule has 0 heterocycles. The Balaban J connectivity index is 4.28. The molecule has 3 heteroatoms. The fourth-order valence-electron chi connectivity index (χ4n) is 0.678. The molecule has 0 aromatic heterocycles. The zero-order chi connectivity index (χ0) is 11.4. The summed E-state index contributed by atoms with van der Waals surface area (Å²) in [5.74, 6) is 0.518. The van der Waals surface area contributed by atoms with Crippen molar-refractivity contribution in [2.75, 3.05) is 0 Å². The van der Waals surface area contributed by atoms with Gasteiger partial charge < -0.3 is 4.43 Å². The molecule has 0 saturated carbocycles. The van der Waals surface area contributed by atoms with Crippen LogP contribution in [0.2, 0.25) is 19.6 Å². The van der Waals surface area contributed by atoms with Gasteiger partial charge in [0.25, 0.3) is 0 Å². The maximum Gasteiger partial charge on any atom is 0.244 e. The van der Waals surface area contributed by atoms with Gasteiger partial charge >= 0.3 is 0 Å². The summed E-state index contributed by atoms with van der Waals surface area (Å²) in [6.45, 7) is 16.2. The van der Waals surface area contributed by atoms with Crippen molar-refractivity contribution in [2.24, 2.45) is 4.99 Å². The van der Waals surface area contributed by atoms with E-state index < -0.39 is 8.32 Å². The number of aliphatic imine (C=N–C) groups is 1. The molecule has 0 rings (SSSR count). The second-order valence-electron chi connectivity index (χ2n) is 4.55. The van der Waals surface area contributed by atoms with E-state index in [4.69, 9.17) is 4.43 Å². The van der Waals surface area contributed by atoms with Crippen LogP contribution in [0, 0.1) is 0 Å². The van der Waals surface area contributed by atoms with Gasteiger partial charge in [0.1, 0.15) is 0 Å². The van der Waals surface area contributed by atoms with Crippen molar-refractivity contribution >= 4 is 14.5 Å². The lowest BCUT2D eigenvalue weighted by atomic mass is 10.2. The molecule has 0 unspecified atom stereocenters. The summed E-state index contributed by atoms with van der Waals surface area (Å²) < 4.78 is 5.59. The fourth-order valence-corrected chi connectivity index (χ4v) is 1.44. The second kappa shape index (κ2) is 5.15. The number of hydrogen-bond acceptors (Lipinski definition) is 2.